The van der Waals surface area contributed by atoms with Gasteiger partial charge in [-0.05, 0) is 45.1 Å². The maximum absolute atomic E-state index is 12.0. The number of aromatic nitrogens is 2. The van der Waals surface area contributed by atoms with Gasteiger partial charge in [0.15, 0.2) is 0 Å². The van der Waals surface area contributed by atoms with Gasteiger partial charge >= 0.3 is 0 Å². The molecule has 2 heterocycles. The lowest BCUT2D eigenvalue weighted by atomic mass is 9.97. The summed E-state index contributed by atoms with van der Waals surface area (Å²) < 4.78 is 0. The van der Waals surface area contributed by atoms with Crippen molar-refractivity contribution in [3.8, 4) is 0 Å². The van der Waals surface area contributed by atoms with Crippen LogP contribution in [-0.2, 0) is 4.79 Å². The lowest BCUT2D eigenvalue weighted by molar-refractivity contribution is -0.119. The summed E-state index contributed by atoms with van der Waals surface area (Å²) >= 11 is 1.63. The van der Waals surface area contributed by atoms with Crippen LogP contribution in [0.15, 0.2) is 24.0 Å². The Morgan fingerprint density at radius 1 is 1.35 bits per heavy atom. The molecular weight excluding hydrogens is 308 g/mol. The first-order valence-electron chi connectivity index (χ1n) is 8.12. The van der Waals surface area contributed by atoms with Crippen molar-refractivity contribution in [3.63, 3.8) is 0 Å². The highest BCUT2D eigenvalue weighted by Crippen LogP contribution is 2.27. The van der Waals surface area contributed by atoms with Crippen molar-refractivity contribution in [2.45, 2.75) is 39.0 Å². The SMILES string of the molecule is Cc1cc2c(NCC(=O)NCCC3=CCCCC3)ncnc2s1. The monoisotopic (exact) mass is 330 g/mol. The first kappa shape index (κ1) is 15.9. The van der Waals surface area contributed by atoms with Gasteiger partial charge in [0.1, 0.15) is 17.0 Å². The summed E-state index contributed by atoms with van der Waals surface area (Å²) in [6.07, 6.45) is 9.78. The van der Waals surface area contributed by atoms with E-state index in [4.69, 9.17) is 0 Å². The minimum absolute atomic E-state index is 0.000114. The van der Waals surface area contributed by atoms with Crippen molar-refractivity contribution >= 4 is 33.3 Å². The number of anilines is 1. The van der Waals surface area contributed by atoms with E-state index in [1.165, 1.54) is 42.5 Å². The normalized spacial score (nSPS) is 14.6. The van der Waals surface area contributed by atoms with Gasteiger partial charge in [-0.1, -0.05) is 11.6 Å². The second-order valence-electron chi connectivity index (χ2n) is 5.86. The molecule has 0 bridgehead atoms. The Balaban J connectivity index is 1.47. The molecule has 0 fully saturated rings. The van der Waals surface area contributed by atoms with Gasteiger partial charge < -0.3 is 10.6 Å². The van der Waals surface area contributed by atoms with E-state index in [1.54, 1.807) is 11.3 Å². The molecule has 0 saturated heterocycles. The highest BCUT2D eigenvalue weighted by atomic mass is 32.1. The highest BCUT2D eigenvalue weighted by Gasteiger charge is 2.09. The lowest BCUT2D eigenvalue weighted by Gasteiger charge is -2.13. The number of allylic oxidation sites excluding steroid dienone is 1. The van der Waals surface area contributed by atoms with E-state index in [0.29, 0.717) is 6.54 Å². The molecule has 1 aliphatic carbocycles. The molecule has 0 spiro atoms. The third kappa shape index (κ3) is 4.28. The number of carbonyl (C=O) groups excluding carboxylic acids is 1. The molecule has 23 heavy (non-hydrogen) atoms. The second-order valence-corrected chi connectivity index (χ2v) is 7.09. The topological polar surface area (TPSA) is 66.9 Å². The number of nitrogens with zero attached hydrogens (tertiary/aromatic N) is 2. The van der Waals surface area contributed by atoms with Crippen LogP contribution in [0, 0.1) is 6.92 Å². The predicted molar refractivity (Wildman–Crippen MR) is 94.8 cm³/mol. The van der Waals surface area contributed by atoms with Crippen LogP contribution >= 0.6 is 11.3 Å². The molecule has 0 radical (unpaired) electrons. The number of fused-ring (bicyclic) bond motifs is 1. The number of aryl methyl sites for hydroxylation is 1. The summed E-state index contributed by atoms with van der Waals surface area (Å²) in [7, 11) is 0. The second kappa shape index (κ2) is 7.55. The molecule has 0 aromatic carbocycles. The third-order valence-electron chi connectivity index (χ3n) is 4.02. The summed E-state index contributed by atoms with van der Waals surface area (Å²) in [5.74, 6) is 0.726. The summed E-state index contributed by atoms with van der Waals surface area (Å²) in [5.41, 5.74) is 1.48. The molecule has 2 aromatic heterocycles. The van der Waals surface area contributed by atoms with Gasteiger partial charge in [0.2, 0.25) is 5.91 Å². The lowest BCUT2D eigenvalue weighted by Crippen LogP contribution is -2.31. The van der Waals surface area contributed by atoms with Gasteiger partial charge in [0.25, 0.3) is 0 Å². The Morgan fingerprint density at radius 2 is 2.26 bits per heavy atom. The Labute approximate surface area is 140 Å². The smallest absolute Gasteiger partial charge is 0.239 e. The van der Waals surface area contributed by atoms with E-state index in [-0.39, 0.29) is 12.5 Å². The van der Waals surface area contributed by atoms with Crippen molar-refractivity contribution in [2.24, 2.45) is 0 Å². The molecule has 3 rings (SSSR count). The number of rotatable bonds is 6. The highest BCUT2D eigenvalue weighted by molar-refractivity contribution is 7.18. The van der Waals surface area contributed by atoms with Crippen LogP contribution in [-0.4, -0.2) is 29.0 Å². The van der Waals surface area contributed by atoms with Crippen LogP contribution in [0.1, 0.15) is 37.0 Å². The Kier molecular flexibility index (Phi) is 5.23. The van der Waals surface area contributed by atoms with Crippen molar-refractivity contribution in [1.82, 2.24) is 15.3 Å². The maximum Gasteiger partial charge on any atom is 0.239 e. The zero-order chi connectivity index (χ0) is 16.1. The minimum atomic E-state index is 0.000114. The number of thiophene rings is 1. The Hall–Kier alpha value is -1.95. The van der Waals surface area contributed by atoms with Crippen LogP contribution in [0.4, 0.5) is 5.82 Å². The molecule has 6 heteroatoms. The molecule has 1 aliphatic rings. The molecule has 0 unspecified atom stereocenters. The molecule has 0 aliphatic heterocycles. The van der Waals surface area contributed by atoms with Gasteiger partial charge in [-0.2, -0.15) is 0 Å². The van der Waals surface area contributed by atoms with Crippen LogP contribution in [0.25, 0.3) is 10.2 Å². The molecule has 122 valence electrons. The van der Waals surface area contributed by atoms with Gasteiger partial charge in [-0.15, -0.1) is 11.3 Å². The number of hydrogen-bond acceptors (Lipinski definition) is 5. The zero-order valence-electron chi connectivity index (χ0n) is 13.4. The van der Waals surface area contributed by atoms with Crippen molar-refractivity contribution < 1.29 is 4.79 Å². The quantitative estimate of drug-likeness (QED) is 0.797. The molecule has 0 atom stereocenters. The standard InChI is InChI=1S/C17H22N4OS/c1-12-9-14-16(20-11-21-17(14)23-12)19-10-15(22)18-8-7-13-5-3-2-4-6-13/h5,9,11H,2-4,6-8,10H2,1H3,(H,18,22)(H,19,20,21). The van der Waals surface area contributed by atoms with Crippen molar-refractivity contribution in [2.75, 3.05) is 18.4 Å². The fourth-order valence-corrected chi connectivity index (χ4v) is 3.68. The van der Waals surface area contributed by atoms with Crippen molar-refractivity contribution in [3.05, 3.63) is 28.9 Å². The number of hydrogen-bond donors (Lipinski definition) is 2. The minimum Gasteiger partial charge on any atom is -0.360 e. The van der Waals surface area contributed by atoms with E-state index in [9.17, 15) is 4.79 Å². The number of nitrogens with one attached hydrogen (secondary N) is 2. The number of amides is 1. The van der Waals surface area contributed by atoms with Gasteiger partial charge in [-0.25, -0.2) is 9.97 Å². The molecule has 2 N–H and O–H groups in total. The summed E-state index contributed by atoms with van der Waals surface area (Å²) in [6.45, 7) is 2.99. The molecule has 2 aromatic rings. The molecular formula is C17H22N4OS. The summed E-state index contributed by atoms with van der Waals surface area (Å²) in [6, 6.07) is 2.05. The zero-order valence-corrected chi connectivity index (χ0v) is 14.2. The van der Waals surface area contributed by atoms with E-state index in [0.717, 1.165) is 22.5 Å². The molecule has 1 amide bonds. The molecule has 0 saturated carbocycles. The number of carbonyl (C=O) groups is 1. The molecule has 5 nitrogen and oxygen atoms in total. The van der Waals surface area contributed by atoms with Gasteiger partial charge in [0.05, 0.1) is 11.9 Å². The van der Waals surface area contributed by atoms with Crippen LogP contribution in [0.3, 0.4) is 0 Å². The van der Waals surface area contributed by atoms with E-state index < -0.39 is 0 Å². The Morgan fingerprint density at radius 3 is 3.09 bits per heavy atom. The fraction of sp³-hybridized carbons (Fsp3) is 0.471. The maximum atomic E-state index is 12.0. The van der Waals surface area contributed by atoms with Gasteiger partial charge in [-0.3, -0.25) is 4.79 Å². The van der Waals surface area contributed by atoms with Crippen LogP contribution < -0.4 is 10.6 Å². The van der Waals surface area contributed by atoms with Crippen LogP contribution in [0.2, 0.25) is 0 Å². The fourth-order valence-electron chi connectivity index (χ4n) is 2.84. The average Bonchev–Trinajstić information content (AvgIpc) is 2.94. The largest absolute Gasteiger partial charge is 0.360 e. The summed E-state index contributed by atoms with van der Waals surface area (Å²) in [4.78, 5) is 22.6. The van der Waals surface area contributed by atoms with E-state index in [1.807, 2.05) is 6.92 Å². The first-order chi connectivity index (χ1) is 11.2. The van der Waals surface area contributed by atoms with E-state index in [2.05, 4.69) is 32.7 Å². The average molecular weight is 330 g/mol. The van der Waals surface area contributed by atoms with E-state index >= 15 is 0 Å². The van der Waals surface area contributed by atoms with Gasteiger partial charge in [0, 0.05) is 11.4 Å². The predicted octanol–water partition coefficient (Wildman–Crippen LogP) is 3.42. The van der Waals surface area contributed by atoms with Crippen molar-refractivity contribution in [1.29, 1.82) is 0 Å². The Bertz CT molecular complexity index is 722. The first-order valence-corrected chi connectivity index (χ1v) is 8.93. The van der Waals surface area contributed by atoms with Crippen LogP contribution in [0.5, 0.6) is 0 Å². The summed E-state index contributed by atoms with van der Waals surface area (Å²) in [5, 5.41) is 7.07. The third-order valence-corrected chi connectivity index (χ3v) is 4.98.